The van der Waals surface area contributed by atoms with E-state index in [1.807, 2.05) is 35.5 Å². The summed E-state index contributed by atoms with van der Waals surface area (Å²) in [7, 11) is 0. The summed E-state index contributed by atoms with van der Waals surface area (Å²) in [6.07, 6.45) is 9.20. The molecule has 3 heterocycles. The van der Waals surface area contributed by atoms with Crippen molar-refractivity contribution in [3.63, 3.8) is 0 Å². The molecule has 0 saturated heterocycles. The van der Waals surface area contributed by atoms with Crippen molar-refractivity contribution in [2.75, 3.05) is 0 Å². The summed E-state index contributed by atoms with van der Waals surface area (Å²) in [5, 5.41) is 9.42. The van der Waals surface area contributed by atoms with E-state index >= 15 is 0 Å². The van der Waals surface area contributed by atoms with E-state index in [0.717, 1.165) is 23.5 Å². The first kappa shape index (κ1) is 21.8. The predicted octanol–water partition coefficient (Wildman–Crippen LogP) is 5.68. The molecule has 2 aromatic heterocycles. The minimum atomic E-state index is 0.248. The summed E-state index contributed by atoms with van der Waals surface area (Å²) < 4.78 is 11.4. The Balaban J connectivity index is 0.000000806. The molecule has 0 aromatic carbocycles. The third-order valence-electron chi connectivity index (χ3n) is 4.52. The van der Waals surface area contributed by atoms with E-state index in [2.05, 4.69) is 30.4 Å². The van der Waals surface area contributed by atoms with Gasteiger partial charge in [0.2, 0.25) is 0 Å². The molecule has 0 spiro atoms. The van der Waals surface area contributed by atoms with Gasteiger partial charge in [0, 0.05) is 5.57 Å². The van der Waals surface area contributed by atoms with Crippen LogP contribution < -0.4 is 10.5 Å². The molecule has 0 amide bonds. The molecule has 160 valence electrons. The van der Waals surface area contributed by atoms with Crippen molar-refractivity contribution in [3.8, 4) is 10.9 Å². The monoisotopic (exact) mass is 427 g/mol. The van der Waals surface area contributed by atoms with Crippen LogP contribution >= 0.6 is 11.3 Å². The number of hydrazone groups is 1. The first-order valence-corrected chi connectivity index (χ1v) is 11.2. The van der Waals surface area contributed by atoms with Gasteiger partial charge in [0.1, 0.15) is 5.82 Å². The zero-order chi connectivity index (χ0) is 21.5. The standard InChI is InChI=1S/C19H21N5O2S.C3H8/c1-3-14-17(19-22-15(11-25-19)26-16-9-6-10-27-16)23-24(13-7-4-5-8-13)18(14)21-12(2)20;1-3-2/h3,6,9-11,13H,2,4-5,7-8,20H2,1H3;3H2,1-2H3/b14-3-,21-18+;. The molecule has 7 nitrogen and oxygen atoms in total. The quantitative estimate of drug-likeness (QED) is 0.663. The Labute approximate surface area is 181 Å². The first-order chi connectivity index (χ1) is 14.6. The normalized spacial score (nSPS) is 19.2. The number of amidine groups is 1. The minimum absolute atomic E-state index is 0.248. The zero-order valence-electron chi connectivity index (χ0n) is 17.8. The Kier molecular flexibility index (Phi) is 7.46. The van der Waals surface area contributed by atoms with Gasteiger partial charge in [-0.15, -0.1) is 11.3 Å². The molecule has 1 fully saturated rings. The van der Waals surface area contributed by atoms with Crippen LogP contribution in [-0.2, 0) is 0 Å². The fraction of sp³-hybridized carbons (Fsp3) is 0.409. The van der Waals surface area contributed by atoms with Gasteiger partial charge in [-0.2, -0.15) is 10.1 Å². The van der Waals surface area contributed by atoms with Gasteiger partial charge in [0.25, 0.3) is 11.8 Å². The lowest BCUT2D eigenvalue weighted by atomic mass is 10.1. The van der Waals surface area contributed by atoms with Crippen molar-refractivity contribution in [3.05, 3.63) is 53.7 Å². The Bertz CT molecular complexity index is 937. The second kappa shape index (κ2) is 10.2. The lowest BCUT2D eigenvalue weighted by Gasteiger charge is -2.22. The number of allylic oxidation sites excluding steroid dienone is 1. The van der Waals surface area contributed by atoms with E-state index in [1.165, 1.54) is 36.9 Å². The van der Waals surface area contributed by atoms with Gasteiger partial charge in [-0.3, -0.25) is 0 Å². The maximum absolute atomic E-state index is 5.77. The first-order valence-electron chi connectivity index (χ1n) is 10.3. The van der Waals surface area contributed by atoms with Gasteiger partial charge in [-0.25, -0.2) is 10.0 Å². The average Bonchev–Trinajstić information content (AvgIpc) is 3.50. The Morgan fingerprint density at radius 3 is 2.77 bits per heavy atom. The van der Waals surface area contributed by atoms with Crippen LogP contribution in [0.1, 0.15) is 58.8 Å². The largest absolute Gasteiger partial charge is 0.439 e. The molecule has 8 heteroatoms. The molecule has 1 aliphatic heterocycles. The van der Waals surface area contributed by atoms with Crippen LogP contribution in [0.2, 0.25) is 0 Å². The fourth-order valence-corrected chi connectivity index (χ4v) is 3.93. The van der Waals surface area contributed by atoms with E-state index in [1.54, 1.807) is 0 Å². The molecule has 2 aliphatic rings. The maximum atomic E-state index is 5.77. The van der Waals surface area contributed by atoms with Gasteiger partial charge in [0.05, 0.1) is 6.04 Å². The van der Waals surface area contributed by atoms with E-state index < -0.39 is 0 Å². The molecule has 0 bridgehead atoms. The van der Waals surface area contributed by atoms with Gasteiger partial charge in [0.15, 0.2) is 22.9 Å². The van der Waals surface area contributed by atoms with Crippen molar-refractivity contribution < 1.29 is 9.15 Å². The third-order valence-corrected chi connectivity index (χ3v) is 5.26. The zero-order valence-corrected chi connectivity index (χ0v) is 18.6. The molecule has 1 saturated carbocycles. The second-order valence-electron chi connectivity index (χ2n) is 7.09. The Morgan fingerprint density at radius 2 is 2.17 bits per heavy atom. The number of hydrogen-bond acceptors (Lipinski definition) is 7. The summed E-state index contributed by atoms with van der Waals surface area (Å²) in [4.78, 5) is 8.89. The molecular formula is C22H29N5O2S. The second-order valence-corrected chi connectivity index (χ2v) is 8.00. The Morgan fingerprint density at radius 1 is 1.43 bits per heavy atom. The third kappa shape index (κ3) is 4.99. The van der Waals surface area contributed by atoms with Crippen molar-refractivity contribution in [2.24, 2.45) is 15.8 Å². The Hall–Kier alpha value is -2.87. The highest BCUT2D eigenvalue weighted by molar-refractivity contribution is 7.11. The summed E-state index contributed by atoms with van der Waals surface area (Å²) in [5.41, 5.74) is 7.23. The van der Waals surface area contributed by atoms with Crippen molar-refractivity contribution in [1.29, 1.82) is 0 Å². The molecular weight excluding hydrogens is 398 g/mol. The summed E-state index contributed by atoms with van der Waals surface area (Å²) >= 11 is 1.49. The molecule has 4 rings (SSSR count). The molecule has 0 unspecified atom stereocenters. The lowest BCUT2D eigenvalue weighted by molar-refractivity contribution is 0.336. The van der Waals surface area contributed by atoms with Gasteiger partial charge in [-0.1, -0.05) is 45.8 Å². The molecule has 2 aromatic rings. The van der Waals surface area contributed by atoms with Gasteiger partial charge >= 0.3 is 0 Å². The van der Waals surface area contributed by atoms with Gasteiger partial charge in [-0.05, 0) is 37.3 Å². The van der Waals surface area contributed by atoms with Crippen molar-refractivity contribution >= 4 is 22.9 Å². The van der Waals surface area contributed by atoms with Crippen LogP contribution in [0.3, 0.4) is 0 Å². The van der Waals surface area contributed by atoms with Crippen LogP contribution in [0.5, 0.6) is 10.9 Å². The van der Waals surface area contributed by atoms with Crippen LogP contribution in [-0.4, -0.2) is 27.6 Å². The molecule has 0 radical (unpaired) electrons. The number of ether oxygens (including phenoxy) is 1. The van der Waals surface area contributed by atoms with E-state index in [0.29, 0.717) is 29.4 Å². The number of aliphatic imine (C=N–C) groups is 1. The van der Waals surface area contributed by atoms with E-state index in [4.69, 9.17) is 20.0 Å². The van der Waals surface area contributed by atoms with Crippen LogP contribution in [0.25, 0.3) is 0 Å². The highest BCUT2D eigenvalue weighted by atomic mass is 32.1. The summed E-state index contributed by atoms with van der Waals surface area (Å²) in [5.74, 6) is 1.74. The highest BCUT2D eigenvalue weighted by Gasteiger charge is 2.36. The summed E-state index contributed by atoms with van der Waals surface area (Å²) in [6.45, 7) is 9.90. The van der Waals surface area contributed by atoms with Crippen molar-refractivity contribution in [2.45, 2.75) is 58.9 Å². The topological polar surface area (TPSA) is 89.2 Å². The highest BCUT2D eigenvalue weighted by Crippen LogP contribution is 2.32. The number of aromatic nitrogens is 1. The summed E-state index contributed by atoms with van der Waals surface area (Å²) in [6, 6.07) is 4.09. The molecule has 30 heavy (non-hydrogen) atoms. The van der Waals surface area contributed by atoms with E-state index in [9.17, 15) is 0 Å². The number of nitrogens with zero attached hydrogens (tertiary/aromatic N) is 4. The van der Waals surface area contributed by atoms with Crippen LogP contribution in [0, 0.1) is 0 Å². The maximum Gasteiger partial charge on any atom is 0.259 e. The number of thiophene rings is 1. The fourth-order valence-electron chi connectivity index (χ4n) is 3.35. The number of nitrogens with two attached hydrogens (primary N) is 1. The van der Waals surface area contributed by atoms with Crippen LogP contribution in [0.4, 0.5) is 0 Å². The number of hydrogen-bond donors (Lipinski definition) is 1. The van der Waals surface area contributed by atoms with Crippen LogP contribution in [0.15, 0.2) is 62.3 Å². The minimum Gasteiger partial charge on any atom is -0.439 e. The van der Waals surface area contributed by atoms with Gasteiger partial charge < -0.3 is 14.9 Å². The average molecular weight is 428 g/mol. The predicted molar refractivity (Wildman–Crippen MR) is 122 cm³/mol. The SMILES string of the molecule is C=C(N)/N=C1\C(=C/C)C(c2nc(Oc3cccs3)co2)=NN1C1CCCC1.CCC. The number of rotatable bonds is 5. The van der Waals surface area contributed by atoms with E-state index in [-0.39, 0.29) is 5.82 Å². The molecule has 0 atom stereocenters. The molecule has 2 N–H and O–H groups in total. The lowest BCUT2D eigenvalue weighted by Crippen LogP contribution is -2.32. The smallest absolute Gasteiger partial charge is 0.259 e. The number of oxazole rings is 1. The molecule has 1 aliphatic carbocycles. The van der Waals surface area contributed by atoms with Crippen molar-refractivity contribution in [1.82, 2.24) is 9.99 Å².